The SMILES string of the molecule is CCCNC(CSc1nc(C)cs1)C1CCCC1. The average Bonchev–Trinajstić information content (AvgIpc) is 3.01. The molecule has 4 heteroatoms. The molecule has 0 saturated heterocycles. The van der Waals surface area contributed by atoms with Crippen molar-refractivity contribution in [3.63, 3.8) is 0 Å². The van der Waals surface area contributed by atoms with Crippen LogP contribution in [0.3, 0.4) is 0 Å². The van der Waals surface area contributed by atoms with E-state index in [-0.39, 0.29) is 0 Å². The van der Waals surface area contributed by atoms with E-state index in [2.05, 4.69) is 29.5 Å². The van der Waals surface area contributed by atoms with E-state index in [0.29, 0.717) is 6.04 Å². The second kappa shape index (κ2) is 7.51. The summed E-state index contributed by atoms with van der Waals surface area (Å²) in [5.41, 5.74) is 1.15. The minimum atomic E-state index is 0.682. The molecule has 1 heterocycles. The van der Waals surface area contributed by atoms with Crippen molar-refractivity contribution in [3.05, 3.63) is 11.1 Å². The van der Waals surface area contributed by atoms with Gasteiger partial charge < -0.3 is 5.32 Å². The Morgan fingerprint density at radius 1 is 1.50 bits per heavy atom. The number of thiazole rings is 1. The third kappa shape index (κ3) is 4.25. The molecule has 1 aliphatic carbocycles. The van der Waals surface area contributed by atoms with Gasteiger partial charge >= 0.3 is 0 Å². The maximum atomic E-state index is 4.54. The Morgan fingerprint density at radius 2 is 2.28 bits per heavy atom. The highest BCUT2D eigenvalue weighted by atomic mass is 32.2. The van der Waals surface area contributed by atoms with Crippen molar-refractivity contribution >= 4 is 23.1 Å². The lowest BCUT2D eigenvalue weighted by Gasteiger charge is -2.24. The quantitative estimate of drug-likeness (QED) is 0.763. The van der Waals surface area contributed by atoms with Crippen molar-refractivity contribution in [2.75, 3.05) is 12.3 Å². The summed E-state index contributed by atoms with van der Waals surface area (Å²) in [7, 11) is 0. The molecule has 1 unspecified atom stereocenters. The summed E-state index contributed by atoms with van der Waals surface area (Å²) in [6.45, 7) is 5.47. The molecule has 1 N–H and O–H groups in total. The number of rotatable bonds is 7. The Bertz CT molecular complexity index is 345. The molecule has 1 aliphatic rings. The highest BCUT2D eigenvalue weighted by Crippen LogP contribution is 2.31. The fraction of sp³-hybridized carbons (Fsp3) is 0.786. The lowest BCUT2D eigenvalue weighted by Crippen LogP contribution is -2.37. The maximum absolute atomic E-state index is 4.54. The van der Waals surface area contributed by atoms with Crippen LogP contribution in [-0.4, -0.2) is 23.3 Å². The summed E-state index contributed by atoms with van der Waals surface area (Å²) in [6.07, 6.45) is 6.91. The molecule has 1 saturated carbocycles. The van der Waals surface area contributed by atoms with E-state index in [1.807, 2.05) is 11.8 Å². The lowest BCUT2D eigenvalue weighted by molar-refractivity contribution is 0.388. The zero-order valence-electron chi connectivity index (χ0n) is 11.4. The summed E-state index contributed by atoms with van der Waals surface area (Å²) in [6, 6.07) is 0.682. The largest absolute Gasteiger partial charge is 0.313 e. The van der Waals surface area contributed by atoms with Gasteiger partial charge in [0, 0.05) is 22.9 Å². The van der Waals surface area contributed by atoms with Crippen molar-refractivity contribution in [1.82, 2.24) is 10.3 Å². The van der Waals surface area contributed by atoms with Crippen LogP contribution in [0, 0.1) is 12.8 Å². The molecule has 18 heavy (non-hydrogen) atoms. The lowest BCUT2D eigenvalue weighted by atomic mass is 10.00. The van der Waals surface area contributed by atoms with Crippen molar-refractivity contribution in [2.24, 2.45) is 5.92 Å². The number of hydrogen-bond donors (Lipinski definition) is 1. The first-order valence-corrected chi connectivity index (χ1v) is 8.94. The van der Waals surface area contributed by atoms with Gasteiger partial charge in [0.25, 0.3) is 0 Å². The molecule has 2 rings (SSSR count). The average molecular weight is 284 g/mol. The summed E-state index contributed by atoms with van der Waals surface area (Å²) in [5, 5.41) is 5.89. The smallest absolute Gasteiger partial charge is 0.150 e. The van der Waals surface area contributed by atoms with Crippen LogP contribution in [0.5, 0.6) is 0 Å². The molecule has 0 bridgehead atoms. The Morgan fingerprint density at radius 3 is 2.89 bits per heavy atom. The van der Waals surface area contributed by atoms with E-state index >= 15 is 0 Å². The Labute approximate surface area is 119 Å². The third-order valence-electron chi connectivity index (χ3n) is 3.61. The molecular formula is C14H24N2S2. The van der Waals surface area contributed by atoms with Crippen LogP contribution >= 0.6 is 23.1 Å². The number of nitrogens with zero attached hydrogens (tertiary/aromatic N) is 1. The maximum Gasteiger partial charge on any atom is 0.150 e. The molecule has 2 nitrogen and oxygen atoms in total. The molecule has 1 atom stereocenters. The van der Waals surface area contributed by atoms with E-state index in [0.717, 1.165) is 18.2 Å². The number of aromatic nitrogens is 1. The van der Waals surface area contributed by atoms with Gasteiger partial charge in [-0.05, 0) is 38.6 Å². The van der Waals surface area contributed by atoms with Crippen LogP contribution in [0.25, 0.3) is 0 Å². The molecular weight excluding hydrogens is 260 g/mol. The normalized spacial score (nSPS) is 18.3. The Kier molecular flexibility index (Phi) is 5.99. The second-order valence-electron chi connectivity index (χ2n) is 5.17. The molecule has 0 aliphatic heterocycles. The number of hydrogen-bond acceptors (Lipinski definition) is 4. The van der Waals surface area contributed by atoms with E-state index in [1.165, 1.54) is 42.2 Å². The highest BCUT2D eigenvalue weighted by Gasteiger charge is 2.24. The van der Waals surface area contributed by atoms with Crippen LogP contribution in [-0.2, 0) is 0 Å². The van der Waals surface area contributed by atoms with Gasteiger partial charge in [0.05, 0.1) is 0 Å². The van der Waals surface area contributed by atoms with E-state index in [1.54, 1.807) is 11.3 Å². The van der Waals surface area contributed by atoms with Gasteiger partial charge in [-0.2, -0.15) is 0 Å². The number of thioether (sulfide) groups is 1. The zero-order chi connectivity index (χ0) is 12.8. The van der Waals surface area contributed by atoms with Crippen molar-refractivity contribution in [2.45, 2.75) is 56.3 Å². The van der Waals surface area contributed by atoms with Crippen LogP contribution in [0.1, 0.15) is 44.7 Å². The first-order chi connectivity index (χ1) is 8.79. The van der Waals surface area contributed by atoms with Gasteiger partial charge in [-0.1, -0.05) is 31.5 Å². The first-order valence-electron chi connectivity index (χ1n) is 7.08. The Balaban J connectivity index is 1.83. The topological polar surface area (TPSA) is 24.9 Å². The number of aryl methyl sites for hydroxylation is 1. The van der Waals surface area contributed by atoms with Gasteiger partial charge in [-0.15, -0.1) is 11.3 Å². The minimum Gasteiger partial charge on any atom is -0.313 e. The molecule has 0 aromatic carbocycles. The predicted octanol–water partition coefficient (Wildman–Crippen LogP) is 4.10. The van der Waals surface area contributed by atoms with Crippen LogP contribution in [0.2, 0.25) is 0 Å². The third-order valence-corrected chi connectivity index (χ3v) is 5.87. The summed E-state index contributed by atoms with van der Waals surface area (Å²) >= 11 is 3.71. The monoisotopic (exact) mass is 284 g/mol. The zero-order valence-corrected chi connectivity index (χ0v) is 13.1. The predicted molar refractivity (Wildman–Crippen MR) is 81.6 cm³/mol. The van der Waals surface area contributed by atoms with Gasteiger partial charge in [-0.3, -0.25) is 0 Å². The van der Waals surface area contributed by atoms with Crippen molar-refractivity contribution in [1.29, 1.82) is 0 Å². The summed E-state index contributed by atoms with van der Waals surface area (Å²) < 4.78 is 1.23. The van der Waals surface area contributed by atoms with Gasteiger partial charge in [0.15, 0.2) is 0 Å². The fourth-order valence-corrected chi connectivity index (χ4v) is 4.67. The van der Waals surface area contributed by atoms with Gasteiger partial charge in [0.2, 0.25) is 0 Å². The fourth-order valence-electron chi connectivity index (χ4n) is 2.61. The van der Waals surface area contributed by atoms with Crippen LogP contribution in [0.15, 0.2) is 9.72 Å². The van der Waals surface area contributed by atoms with E-state index in [4.69, 9.17) is 0 Å². The minimum absolute atomic E-state index is 0.682. The van der Waals surface area contributed by atoms with E-state index in [9.17, 15) is 0 Å². The molecule has 1 aromatic rings. The Hall–Kier alpha value is -0.0600. The van der Waals surface area contributed by atoms with Crippen molar-refractivity contribution in [3.8, 4) is 0 Å². The van der Waals surface area contributed by atoms with Crippen molar-refractivity contribution < 1.29 is 0 Å². The molecule has 1 aromatic heterocycles. The second-order valence-corrected chi connectivity index (χ2v) is 7.30. The summed E-state index contributed by atoms with van der Waals surface area (Å²) in [4.78, 5) is 4.54. The highest BCUT2D eigenvalue weighted by molar-refractivity contribution is 8.01. The molecule has 1 fully saturated rings. The van der Waals surface area contributed by atoms with Gasteiger partial charge in [0.1, 0.15) is 4.34 Å². The van der Waals surface area contributed by atoms with Crippen LogP contribution in [0.4, 0.5) is 0 Å². The van der Waals surface area contributed by atoms with Gasteiger partial charge in [-0.25, -0.2) is 4.98 Å². The summed E-state index contributed by atoms with van der Waals surface area (Å²) in [5.74, 6) is 2.07. The molecule has 0 spiro atoms. The standard InChI is InChI=1S/C14H24N2S2/c1-3-8-15-13(12-6-4-5-7-12)10-18-14-16-11(2)9-17-14/h9,12-13,15H,3-8,10H2,1-2H3. The molecule has 102 valence electrons. The van der Waals surface area contributed by atoms with Crippen LogP contribution < -0.4 is 5.32 Å². The molecule has 0 radical (unpaired) electrons. The first kappa shape index (κ1) is 14.4. The van der Waals surface area contributed by atoms with E-state index < -0.39 is 0 Å². The number of nitrogens with one attached hydrogen (secondary N) is 1. The molecule has 0 amide bonds.